The Morgan fingerprint density at radius 1 is 1.27 bits per heavy atom. The molecule has 0 saturated carbocycles. The normalized spacial score (nSPS) is 10.9. The van der Waals surface area contributed by atoms with Gasteiger partial charge in [-0.1, -0.05) is 0 Å². The third kappa shape index (κ3) is 9.71. The van der Waals surface area contributed by atoms with Gasteiger partial charge in [-0.05, 0) is 0 Å². The number of halogens is 3. The third-order valence-electron chi connectivity index (χ3n) is 0.938. The number of ether oxygens (including phenoxy) is 1. The first-order valence-corrected chi connectivity index (χ1v) is 3.40. The van der Waals surface area contributed by atoms with E-state index in [4.69, 9.17) is 0 Å². The highest BCUT2D eigenvalue weighted by atomic mass is 19.3. The molecule has 0 aliphatic carbocycles. The SMILES string of the molecule is FCCNCCOCC(F)F. The Bertz CT molecular complexity index is 82.2. The molecule has 0 aliphatic heterocycles. The Kier molecular flexibility index (Phi) is 7.61. The van der Waals surface area contributed by atoms with Crippen LogP contribution in [0.5, 0.6) is 0 Å². The van der Waals surface area contributed by atoms with E-state index in [9.17, 15) is 13.2 Å². The maximum Gasteiger partial charge on any atom is 0.261 e. The second kappa shape index (κ2) is 7.81. The van der Waals surface area contributed by atoms with Crippen molar-refractivity contribution in [2.75, 3.05) is 33.0 Å². The van der Waals surface area contributed by atoms with E-state index in [-0.39, 0.29) is 13.2 Å². The predicted octanol–water partition coefficient (Wildman–Crippen LogP) is 0.827. The molecule has 2 nitrogen and oxygen atoms in total. The quantitative estimate of drug-likeness (QED) is 0.573. The van der Waals surface area contributed by atoms with E-state index < -0.39 is 19.7 Å². The Morgan fingerprint density at radius 2 is 2.00 bits per heavy atom. The summed E-state index contributed by atoms with van der Waals surface area (Å²) in [5.74, 6) is 0. The van der Waals surface area contributed by atoms with Gasteiger partial charge in [-0.2, -0.15) is 0 Å². The van der Waals surface area contributed by atoms with Gasteiger partial charge in [0.05, 0.1) is 6.61 Å². The predicted molar refractivity (Wildman–Crippen MR) is 35.7 cm³/mol. The fraction of sp³-hybridized carbons (Fsp3) is 1.00. The lowest BCUT2D eigenvalue weighted by Gasteiger charge is -2.03. The number of nitrogens with one attached hydrogen (secondary N) is 1. The van der Waals surface area contributed by atoms with Crippen LogP contribution in [-0.4, -0.2) is 39.4 Å². The molecule has 0 radical (unpaired) electrons. The van der Waals surface area contributed by atoms with Crippen LogP contribution < -0.4 is 5.32 Å². The summed E-state index contributed by atoms with van der Waals surface area (Å²) >= 11 is 0. The maximum atomic E-state index is 11.4. The Balaban J connectivity index is 2.80. The Morgan fingerprint density at radius 3 is 2.55 bits per heavy atom. The first kappa shape index (κ1) is 10.7. The molecule has 5 heteroatoms. The van der Waals surface area contributed by atoms with E-state index in [1.54, 1.807) is 0 Å². The van der Waals surface area contributed by atoms with Gasteiger partial charge >= 0.3 is 0 Å². The van der Waals surface area contributed by atoms with Crippen molar-refractivity contribution in [2.24, 2.45) is 0 Å². The van der Waals surface area contributed by atoms with Gasteiger partial charge in [-0.25, -0.2) is 13.2 Å². The zero-order chi connectivity index (χ0) is 8.53. The summed E-state index contributed by atoms with van der Waals surface area (Å²) in [4.78, 5) is 0. The standard InChI is InChI=1S/C6H12F3NO/c7-1-2-10-3-4-11-5-6(8)9/h6,10H,1-5H2. The van der Waals surface area contributed by atoms with Gasteiger partial charge in [0.25, 0.3) is 6.43 Å². The Hall–Kier alpha value is -0.290. The van der Waals surface area contributed by atoms with Crippen LogP contribution in [0.4, 0.5) is 13.2 Å². The molecule has 0 aromatic rings. The van der Waals surface area contributed by atoms with Gasteiger partial charge in [0, 0.05) is 13.1 Å². The Labute approximate surface area is 63.7 Å². The molecule has 0 spiro atoms. The van der Waals surface area contributed by atoms with Gasteiger partial charge in [0.15, 0.2) is 0 Å². The fourth-order valence-corrected chi connectivity index (χ4v) is 0.509. The molecule has 0 saturated heterocycles. The van der Waals surface area contributed by atoms with E-state index in [1.165, 1.54) is 0 Å². The van der Waals surface area contributed by atoms with E-state index >= 15 is 0 Å². The number of hydrogen-bond donors (Lipinski definition) is 1. The van der Waals surface area contributed by atoms with Gasteiger partial charge in [-0.3, -0.25) is 0 Å². The zero-order valence-corrected chi connectivity index (χ0v) is 6.16. The molecule has 0 rings (SSSR count). The van der Waals surface area contributed by atoms with Crippen molar-refractivity contribution in [1.82, 2.24) is 5.32 Å². The van der Waals surface area contributed by atoms with Crippen LogP contribution in [0, 0.1) is 0 Å². The van der Waals surface area contributed by atoms with Gasteiger partial charge in [-0.15, -0.1) is 0 Å². The van der Waals surface area contributed by atoms with Gasteiger partial charge < -0.3 is 10.1 Å². The third-order valence-corrected chi connectivity index (χ3v) is 0.938. The van der Waals surface area contributed by atoms with Crippen LogP contribution in [0.1, 0.15) is 0 Å². The molecule has 0 aromatic heterocycles. The summed E-state index contributed by atoms with van der Waals surface area (Å²) in [5, 5.41) is 2.66. The lowest BCUT2D eigenvalue weighted by atomic mass is 10.6. The molecule has 0 aromatic carbocycles. The minimum absolute atomic E-state index is 0.199. The summed E-state index contributed by atoms with van der Waals surface area (Å²) in [6.07, 6.45) is -2.42. The van der Waals surface area contributed by atoms with Crippen molar-refractivity contribution in [3.8, 4) is 0 Å². The summed E-state index contributed by atoms with van der Waals surface area (Å²) in [7, 11) is 0. The molecular formula is C6H12F3NO. The molecule has 0 aliphatic rings. The van der Waals surface area contributed by atoms with Crippen LogP contribution in [0.25, 0.3) is 0 Å². The molecular weight excluding hydrogens is 159 g/mol. The highest BCUT2D eigenvalue weighted by Gasteiger charge is 2.00. The number of alkyl halides is 3. The van der Waals surface area contributed by atoms with Crippen molar-refractivity contribution >= 4 is 0 Å². The number of hydrogen-bond acceptors (Lipinski definition) is 2. The summed E-state index contributed by atoms with van der Waals surface area (Å²) in [5.41, 5.74) is 0. The lowest BCUT2D eigenvalue weighted by Crippen LogP contribution is -2.22. The minimum Gasteiger partial charge on any atom is -0.374 e. The average Bonchev–Trinajstić information content (AvgIpc) is 1.96. The molecule has 0 unspecified atom stereocenters. The first-order valence-electron chi connectivity index (χ1n) is 3.40. The second-order valence-electron chi connectivity index (χ2n) is 1.90. The summed E-state index contributed by atoms with van der Waals surface area (Å²) in [6, 6.07) is 0. The van der Waals surface area contributed by atoms with Crippen molar-refractivity contribution in [3.63, 3.8) is 0 Å². The van der Waals surface area contributed by atoms with Crippen molar-refractivity contribution in [1.29, 1.82) is 0 Å². The highest BCUT2D eigenvalue weighted by molar-refractivity contribution is 4.43. The molecule has 0 heterocycles. The molecule has 11 heavy (non-hydrogen) atoms. The van der Waals surface area contributed by atoms with Crippen molar-refractivity contribution in [3.05, 3.63) is 0 Å². The van der Waals surface area contributed by atoms with Crippen LogP contribution in [-0.2, 0) is 4.74 Å². The topological polar surface area (TPSA) is 21.3 Å². The molecule has 0 atom stereocenters. The van der Waals surface area contributed by atoms with E-state index in [1.807, 2.05) is 0 Å². The molecule has 0 fully saturated rings. The summed E-state index contributed by atoms with van der Waals surface area (Å²) < 4.78 is 38.7. The van der Waals surface area contributed by atoms with Crippen LogP contribution in [0.2, 0.25) is 0 Å². The van der Waals surface area contributed by atoms with Crippen LogP contribution >= 0.6 is 0 Å². The molecule has 0 bridgehead atoms. The van der Waals surface area contributed by atoms with Crippen molar-refractivity contribution in [2.45, 2.75) is 6.43 Å². The summed E-state index contributed by atoms with van der Waals surface area (Å²) in [6.45, 7) is -0.134. The zero-order valence-electron chi connectivity index (χ0n) is 6.16. The highest BCUT2D eigenvalue weighted by Crippen LogP contribution is 1.90. The van der Waals surface area contributed by atoms with Crippen LogP contribution in [0.15, 0.2) is 0 Å². The molecule has 0 amide bonds. The van der Waals surface area contributed by atoms with Crippen molar-refractivity contribution < 1.29 is 17.9 Å². The average molecular weight is 171 g/mol. The fourth-order valence-electron chi connectivity index (χ4n) is 0.509. The monoisotopic (exact) mass is 171 g/mol. The lowest BCUT2D eigenvalue weighted by molar-refractivity contribution is 0.0187. The number of rotatable bonds is 7. The second-order valence-corrected chi connectivity index (χ2v) is 1.90. The largest absolute Gasteiger partial charge is 0.374 e. The smallest absolute Gasteiger partial charge is 0.261 e. The molecule has 1 N–H and O–H groups in total. The van der Waals surface area contributed by atoms with E-state index in [0.717, 1.165) is 0 Å². The van der Waals surface area contributed by atoms with Crippen LogP contribution in [0.3, 0.4) is 0 Å². The van der Waals surface area contributed by atoms with E-state index in [0.29, 0.717) is 6.54 Å². The van der Waals surface area contributed by atoms with Gasteiger partial charge in [0.2, 0.25) is 0 Å². The molecule has 68 valence electrons. The van der Waals surface area contributed by atoms with E-state index in [2.05, 4.69) is 10.1 Å². The first-order chi connectivity index (χ1) is 5.27. The van der Waals surface area contributed by atoms with Gasteiger partial charge in [0.1, 0.15) is 13.3 Å². The maximum absolute atomic E-state index is 11.4. The minimum atomic E-state index is -2.42.